The third-order valence-corrected chi connectivity index (χ3v) is 4.83. The van der Waals surface area contributed by atoms with Gasteiger partial charge in [-0.1, -0.05) is 6.08 Å². The number of nitrogens with zero attached hydrogens (tertiary/aromatic N) is 1. The highest BCUT2D eigenvalue weighted by Crippen LogP contribution is 2.34. The van der Waals surface area contributed by atoms with Crippen molar-refractivity contribution in [2.45, 2.75) is 50.6 Å². The van der Waals surface area contributed by atoms with Crippen LogP contribution in [0.5, 0.6) is 0 Å². The number of thioether (sulfide) groups is 1. The molecule has 0 radical (unpaired) electrons. The van der Waals surface area contributed by atoms with Crippen molar-refractivity contribution in [3.8, 4) is 0 Å². The summed E-state index contributed by atoms with van der Waals surface area (Å²) in [5.74, 6) is 0.505. The van der Waals surface area contributed by atoms with Crippen molar-refractivity contribution in [3.05, 3.63) is 11.8 Å². The van der Waals surface area contributed by atoms with Gasteiger partial charge < -0.3 is 15.4 Å². The number of carbonyl (C=O) groups excluding carboxylic acids is 2. The standard InChI is InChI=1S/C15H24N2O3S/c1-20-15(19)13(16)9-21-10-14(18)17(12-7-8-12)11-5-3-2-4-6-11/h5,12-13H,2-4,6-10,16H2,1H3. The third kappa shape index (κ3) is 4.74. The van der Waals surface area contributed by atoms with Crippen LogP contribution in [0.2, 0.25) is 0 Å². The topological polar surface area (TPSA) is 72.6 Å². The van der Waals surface area contributed by atoms with E-state index in [9.17, 15) is 9.59 Å². The van der Waals surface area contributed by atoms with Crippen LogP contribution in [-0.2, 0) is 14.3 Å². The van der Waals surface area contributed by atoms with Crippen molar-refractivity contribution < 1.29 is 14.3 Å². The van der Waals surface area contributed by atoms with E-state index in [1.165, 1.54) is 37.4 Å². The lowest BCUT2D eigenvalue weighted by molar-refractivity contribution is -0.141. The second-order valence-electron chi connectivity index (χ2n) is 5.58. The van der Waals surface area contributed by atoms with E-state index in [0.717, 1.165) is 25.7 Å². The highest BCUT2D eigenvalue weighted by molar-refractivity contribution is 8.00. The maximum atomic E-state index is 12.5. The first-order valence-corrected chi connectivity index (χ1v) is 8.71. The van der Waals surface area contributed by atoms with Gasteiger partial charge in [-0.3, -0.25) is 9.59 Å². The third-order valence-electron chi connectivity index (χ3n) is 3.78. The molecular formula is C15H24N2O3S. The van der Waals surface area contributed by atoms with Crippen molar-refractivity contribution >= 4 is 23.6 Å². The van der Waals surface area contributed by atoms with Crippen LogP contribution in [0.4, 0.5) is 0 Å². The van der Waals surface area contributed by atoms with Crippen LogP contribution in [0.1, 0.15) is 38.5 Å². The Morgan fingerprint density at radius 2 is 2.24 bits per heavy atom. The van der Waals surface area contributed by atoms with Crippen molar-refractivity contribution in [2.24, 2.45) is 5.73 Å². The summed E-state index contributed by atoms with van der Waals surface area (Å²) in [4.78, 5) is 25.7. The summed E-state index contributed by atoms with van der Waals surface area (Å²) in [7, 11) is 1.32. The molecule has 0 aromatic heterocycles. The molecule has 1 unspecified atom stereocenters. The number of esters is 1. The maximum Gasteiger partial charge on any atom is 0.323 e. The zero-order valence-electron chi connectivity index (χ0n) is 12.5. The first kappa shape index (κ1) is 16.4. The largest absolute Gasteiger partial charge is 0.468 e. The number of methoxy groups -OCH3 is 1. The van der Waals surface area contributed by atoms with Crippen LogP contribution >= 0.6 is 11.8 Å². The van der Waals surface area contributed by atoms with E-state index in [0.29, 0.717) is 17.5 Å². The summed E-state index contributed by atoms with van der Waals surface area (Å²) in [5, 5.41) is 0. The fourth-order valence-electron chi connectivity index (χ4n) is 2.53. The molecule has 118 valence electrons. The quantitative estimate of drug-likeness (QED) is 0.724. The molecule has 2 rings (SSSR count). The molecule has 5 nitrogen and oxygen atoms in total. The molecule has 0 aromatic rings. The lowest BCUT2D eigenvalue weighted by Crippen LogP contribution is -2.36. The SMILES string of the molecule is COC(=O)C(N)CSCC(=O)N(C1=CCCCC1)C1CC1. The minimum Gasteiger partial charge on any atom is -0.468 e. The monoisotopic (exact) mass is 312 g/mol. The molecule has 1 amide bonds. The minimum atomic E-state index is -0.656. The number of rotatable bonds is 7. The van der Waals surface area contributed by atoms with E-state index < -0.39 is 12.0 Å². The van der Waals surface area contributed by atoms with Gasteiger partial charge in [0.2, 0.25) is 5.91 Å². The van der Waals surface area contributed by atoms with E-state index >= 15 is 0 Å². The average molecular weight is 312 g/mol. The Kier molecular flexibility index (Phi) is 6.11. The van der Waals surface area contributed by atoms with E-state index in [-0.39, 0.29) is 5.91 Å². The maximum absolute atomic E-state index is 12.5. The summed E-state index contributed by atoms with van der Waals surface area (Å²) >= 11 is 1.41. The molecule has 0 spiro atoms. The Balaban J connectivity index is 1.82. The fourth-order valence-corrected chi connectivity index (χ4v) is 3.35. The molecule has 2 N–H and O–H groups in total. The first-order valence-electron chi connectivity index (χ1n) is 7.55. The molecule has 21 heavy (non-hydrogen) atoms. The normalized spacial score (nSPS) is 19.6. The summed E-state index contributed by atoms with van der Waals surface area (Å²) in [6, 6.07) is -0.257. The lowest BCUT2D eigenvalue weighted by atomic mass is 10.0. The van der Waals surface area contributed by atoms with E-state index in [1.807, 2.05) is 4.90 Å². The first-order chi connectivity index (χ1) is 10.1. The van der Waals surface area contributed by atoms with E-state index in [1.54, 1.807) is 0 Å². The number of nitrogens with two attached hydrogens (primary N) is 1. The number of allylic oxidation sites excluding steroid dienone is 2. The highest BCUT2D eigenvalue weighted by Gasteiger charge is 2.34. The Bertz CT molecular complexity index is 421. The van der Waals surface area contributed by atoms with Crippen LogP contribution in [0.3, 0.4) is 0 Å². The zero-order valence-corrected chi connectivity index (χ0v) is 13.4. The van der Waals surface area contributed by atoms with Gasteiger partial charge >= 0.3 is 5.97 Å². The van der Waals surface area contributed by atoms with Crippen molar-refractivity contribution in [3.63, 3.8) is 0 Å². The van der Waals surface area contributed by atoms with Crippen molar-refractivity contribution in [2.75, 3.05) is 18.6 Å². The zero-order chi connectivity index (χ0) is 15.2. The van der Waals surface area contributed by atoms with Gasteiger partial charge in [-0.25, -0.2) is 0 Å². The van der Waals surface area contributed by atoms with Crippen LogP contribution in [0.25, 0.3) is 0 Å². The van der Waals surface area contributed by atoms with Gasteiger partial charge in [-0.15, -0.1) is 11.8 Å². The van der Waals surface area contributed by atoms with Gasteiger partial charge in [0.05, 0.1) is 12.9 Å². The van der Waals surface area contributed by atoms with Crippen molar-refractivity contribution in [1.82, 2.24) is 4.90 Å². The second kappa shape index (κ2) is 7.84. The van der Waals surface area contributed by atoms with Gasteiger partial charge in [0.1, 0.15) is 6.04 Å². The molecule has 0 bridgehead atoms. The van der Waals surface area contributed by atoms with Crippen LogP contribution in [-0.4, -0.2) is 47.5 Å². The fraction of sp³-hybridized carbons (Fsp3) is 0.733. The Hall–Kier alpha value is -1.01. The molecule has 1 atom stereocenters. The number of hydrogen-bond acceptors (Lipinski definition) is 5. The number of amides is 1. The molecule has 2 aliphatic rings. The molecule has 2 aliphatic carbocycles. The summed E-state index contributed by atoms with van der Waals surface area (Å²) < 4.78 is 4.58. The molecular weight excluding hydrogens is 288 g/mol. The summed E-state index contributed by atoms with van der Waals surface area (Å²) in [6.45, 7) is 0. The van der Waals surface area contributed by atoms with E-state index in [2.05, 4.69) is 10.8 Å². The second-order valence-corrected chi connectivity index (χ2v) is 6.61. The van der Waals surface area contributed by atoms with Gasteiger partial charge in [0, 0.05) is 17.5 Å². The molecule has 0 aromatic carbocycles. The average Bonchev–Trinajstić information content (AvgIpc) is 3.32. The predicted molar refractivity (Wildman–Crippen MR) is 83.7 cm³/mol. The number of hydrogen-bond donors (Lipinski definition) is 1. The van der Waals surface area contributed by atoms with E-state index in [4.69, 9.17) is 5.73 Å². The highest BCUT2D eigenvalue weighted by atomic mass is 32.2. The van der Waals surface area contributed by atoms with Crippen LogP contribution in [0, 0.1) is 0 Å². The predicted octanol–water partition coefficient (Wildman–Crippen LogP) is 1.67. The smallest absolute Gasteiger partial charge is 0.323 e. The Morgan fingerprint density at radius 1 is 1.48 bits per heavy atom. The Morgan fingerprint density at radius 3 is 2.81 bits per heavy atom. The molecule has 6 heteroatoms. The number of carbonyl (C=O) groups is 2. The Labute approximate surface area is 130 Å². The van der Waals surface area contributed by atoms with Gasteiger partial charge in [-0.05, 0) is 38.5 Å². The summed E-state index contributed by atoms with van der Waals surface area (Å²) in [6.07, 6.45) is 8.90. The molecule has 1 saturated carbocycles. The molecule has 0 heterocycles. The van der Waals surface area contributed by atoms with Gasteiger partial charge in [0.15, 0.2) is 0 Å². The van der Waals surface area contributed by atoms with Crippen molar-refractivity contribution in [1.29, 1.82) is 0 Å². The number of ether oxygens (including phenoxy) is 1. The lowest BCUT2D eigenvalue weighted by Gasteiger charge is -2.27. The molecule has 1 fully saturated rings. The molecule has 0 saturated heterocycles. The summed E-state index contributed by atoms with van der Waals surface area (Å²) in [5.41, 5.74) is 6.87. The van der Waals surface area contributed by atoms with Crippen LogP contribution in [0.15, 0.2) is 11.8 Å². The van der Waals surface area contributed by atoms with Crippen LogP contribution < -0.4 is 5.73 Å². The van der Waals surface area contributed by atoms with Gasteiger partial charge in [-0.2, -0.15) is 0 Å². The molecule has 0 aliphatic heterocycles. The van der Waals surface area contributed by atoms with Gasteiger partial charge in [0.25, 0.3) is 0 Å². The minimum absolute atomic E-state index is 0.146.